The van der Waals surface area contributed by atoms with E-state index in [1.54, 1.807) is 54.6 Å². The van der Waals surface area contributed by atoms with Gasteiger partial charge in [-0.1, -0.05) is 54.1 Å². The first-order chi connectivity index (χ1) is 13.2. The fraction of sp³-hybridized carbons (Fsp3) is 0.211. The Morgan fingerprint density at radius 1 is 1.07 bits per heavy atom. The number of hydrogen-bond donors (Lipinski definition) is 2. The average molecular weight is 420 g/mol. The van der Waals surface area contributed by atoms with Crippen molar-refractivity contribution in [3.05, 3.63) is 70.7 Å². The quantitative estimate of drug-likeness (QED) is 0.744. The van der Waals surface area contributed by atoms with Crippen LogP contribution in [0.15, 0.2) is 59.6 Å². The lowest BCUT2D eigenvalue weighted by atomic mass is 9.85. The average Bonchev–Trinajstić information content (AvgIpc) is 2.62. The molecule has 0 saturated carbocycles. The van der Waals surface area contributed by atoms with Gasteiger partial charge in [0.2, 0.25) is 5.91 Å². The molecule has 0 aliphatic carbocycles. The van der Waals surface area contributed by atoms with Gasteiger partial charge in [-0.15, -0.1) is 0 Å². The van der Waals surface area contributed by atoms with Gasteiger partial charge in [0.05, 0.1) is 11.5 Å². The van der Waals surface area contributed by atoms with Crippen LogP contribution in [0.3, 0.4) is 0 Å². The van der Waals surface area contributed by atoms with Crippen molar-refractivity contribution in [1.82, 2.24) is 5.32 Å². The molecule has 1 aliphatic heterocycles. The maximum Gasteiger partial charge on any atom is 0.349 e. The summed E-state index contributed by atoms with van der Waals surface area (Å²) in [5, 5.41) is 2.61. The second-order valence-corrected chi connectivity index (χ2v) is 9.05. The van der Waals surface area contributed by atoms with Crippen LogP contribution in [-0.2, 0) is 20.4 Å². The number of nitrogens with zero attached hydrogens (tertiary/aromatic N) is 1. The Balaban J connectivity index is 1.93. The van der Waals surface area contributed by atoms with Crippen molar-refractivity contribution in [1.29, 1.82) is 0 Å². The molecule has 28 heavy (non-hydrogen) atoms. The SMILES string of the molecule is NC1=NC(=O)NC(=O)C1C(CS(=O)(=O)Cc1ccc(Cl)cc1)c1ccccc1. The van der Waals surface area contributed by atoms with E-state index in [0.29, 0.717) is 16.1 Å². The zero-order valence-electron chi connectivity index (χ0n) is 14.7. The third-order valence-corrected chi connectivity index (χ3v) is 6.32. The lowest BCUT2D eigenvalue weighted by molar-refractivity contribution is -0.122. The summed E-state index contributed by atoms with van der Waals surface area (Å²) in [7, 11) is -3.62. The van der Waals surface area contributed by atoms with Crippen LogP contribution in [0.4, 0.5) is 4.79 Å². The van der Waals surface area contributed by atoms with E-state index in [4.69, 9.17) is 17.3 Å². The Morgan fingerprint density at radius 3 is 2.32 bits per heavy atom. The summed E-state index contributed by atoms with van der Waals surface area (Å²) in [6.45, 7) is 0. The van der Waals surface area contributed by atoms with Gasteiger partial charge < -0.3 is 5.73 Å². The first-order valence-electron chi connectivity index (χ1n) is 8.44. The second-order valence-electron chi connectivity index (χ2n) is 6.51. The van der Waals surface area contributed by atoms with Crippen LogP contribution < -0.4 is 11.1 Å². The maximum atomic E-state index is 12.9. The molecule has 0 saturated heterocycles. The minimum atomic E-state index is -3.62. The number of imide groups is 1. The van der Waals surface area contributed by atoms with E-state index in [1.807, 2.05) is 0 Å². The number of benzene rings is 2. The molecular formula is C19H18ClN3O4S. The highest BCUT2D eigenvalue weighted by atomic mass is 35.5. The largest absolute Gasteiger partial charge is 0.386 e. The number of carbonyl (C=O) groups excluding carboxylic acids is 2. The minimum absolute atomic E-state index is 0.190. The number of amidine groups is 1. The summed E-state index contributed by atoms with van der Waals surface area (Å²) < 4.78 is 25.8. The van der Waals surface area contributed by atoms with E-state index in [2.05, 4.69) is 10.3 Å². The number of carbonyl (C=O) groups is 2. The molecule has 2 unspecified atom stereocenters. The topological polar surface area (TPSA) is 119 Å². The number of nitrogens with one attached hydrogen (secondary N) is 1. The molecule has 3 rings (SSSR count). The van der Waals surface area contributed by atoms with E-state index < -0.39 is 33.6 Å². The van der Waals surface area contributed by atoms with E-state index in [0.717, 1.165) is 0 Å². The lowest BCUT2D eigenvalue weighted by Gasteiger charge is -2.28. The van der Waals surface area contributed by atoms with Crippen LogP contribution >= 0.6 is 11.6 Å². The highest BCUT2D eigenvalue weighted by Gasteiger charge is 2.39. The van der Waals surface area contributed by atoms with Crippen LogP contribution in [0.2, 0.25) is 5.02 Å². The van der Waals surface area contributed by atoms with Gasteiger partial charge in [0, 0.05) is 10.9 Å². The number of hydrogen-bond acceptors (Lipinski definition) is 5. The van der Waals surface area contributed by atoms with Gasteiger partial charge in [-0.3, -0.25) is 10.1 Å². The zero-order chi connectivity index (χ0) is 20.3. The predicted molar refractivity (Wildman–Crippen MR) is 107 cm³/mol. The van der Waals surface area contributed by atoms with Crippen molar-refractivity contribution in [2.24, 2.45) is 16.6 Å². The molecule has 0 spiro atoms. The fourth-order valence-corrected chi connectivity index (χ4v) is 5.05. The van der Waals surface area contributed by atoms with Crippen molar-refractivity contribution >= 4 is 39.2 Å². The highest BCUT2D eigenvalue weighted by molar-refractivity contribution is 7.90. The third kappa shape index (κ3) is 4.76. The fourth-order valence-electron chi connectivity index (χ4n) is 3.17. The van der Waals surface area contributed by atoms with Crippen LogP contribution in [0.5, 0.6) is 0 Å². The predicted octanol–water partition coefficient (Wildman–Crippen LogP) is 2.26. The van der Waals surface area contributed by atoms with E-state index in [-0.39, 0.29) is 17.3 Å². The first kappa shape index (κ1) is 20.0. The van der Waals surface area contributed by atoms with Crippen molar-refractivity contribution in [3.63, 3.8) is 0 Å². The summed E-state index contributed by atoms with van der Waals surface area (Å²) in [5.41, 5.74) is 7.05. The summed E-state index contributed by atoms with van der Waals surface area (Å²) in [6.07, 6.45) is 0. The van der Waals surface area contributed by atoms with Gasteiger partial charge >= 0.3 is 6.03 Å². The van der Waals surface area contributed by atoms with E-state index >= 15 is 0 Å². The van der Waals surface area contributed by atoms with E-state index in [1.165, 1.54) is 0 Å². The second kappa shape index (κ2) is 8.12. The Morgan fingerprint density at radius 2 is 1.71 bits per heavy atom. The van der Waals surface area contributed by atoms with Gasteiger partial charge in [-0.05, 0) is 23.3 Å². The molecule has 7 nitrogen and oxygen atoms in total. The maximum absolute atomic E-state index is 12.9. The number of sulfone groups is 1. The number of aliphatic imine (C=N–C) groups is 1. The minimum Gasteiger partial charge on any atom is -0.386 e. The molecule has 1 aliphatic rings. The highest BCUT2D eigenvalue weighted by Crippen LogP contribution is 2.29. The molecular weight excluding hydrogens is 402 g/mol. The van der Waals surface area contributed by atoms with Crippen molar-refractivity contribution < 1.29 is 18.0 Å². The molecule has 2 aromatic rings. The standard InChI is InChI=1S/C19H18ClN3O4S/c20-14-8-6-12(7-9-14)10-28(26,27)11-15(13-4-2-1-3-5-13)16-17(21)22-19(25)23-18(16)24/h1-9,15-16H,10-11H2,(H3,21,22,23,24,25). The van der Waals surface area contributed by atoms with Crippen LogP contribution in [-0.4, -0.2) is 31.9 Å². The molecule has 0 aromatic heterocycles. The summed E-state index contributed by atoms with van der Waals surface area (Å²) in [5.74, 6) is -3.23. The monoisotopic (exact) mass is 419 g/mol. The molecule has 146 valence electrons. The summed E-state index contributed by atoms with van der Waals surface area (Å²) in [6, 6.07) is 14.4. The molecule has 9 heteroatoms. The van der Waals surface area contributed by atoms with Crippen LogP contribution in [0.25, 0.3) is 0 Å². The lowest BCUT2D eigenvalue weighted by Crippen LogP contribution is -2.49. The number of urea groups is 1. The summed E-state index contributed by atoms with van der Waals surface area (Å²) in [4.78, 5) is 27.4. The Kier molecular flexibility index (Phi) is 5.81. The molecule has 0 radical (unpaired) electrons. The Bertz CT molecular complexity index is 1020. The third-order valence-electron chi connectivity index (χ3n) is 4.43. The zero-order valence-corrected chi connectivity index (χ0v) is 16.3. The number of nitrogens with two attached hydrogens (primary N) is 1. The molecule has 2 aromatic carbocycles. The normalized spacial score (nSPS) is 18.3. The number of halogens is 1. The van der Waals surface area contributed by atoms with Gasteiger partial charge in [0.25, 0.3) is 0 Å². The Labute approximate surface area is 167 Å². The van der Waals surface area contributed by atoms with Crippen molar-refractivity contribution in [2.75, 3.05) is 5.75 Å². The molecule has 2 atom stereocenters. The van der Waals surface area contributed by atoms with E-state index in [9.17, 15) is 18.0 Å². The number of amides is 3. The van der Waals surface area contributed by atoms with Crippen LogP contribution in [0, 0.1) is 5.92 Å². The summed E-state index contributed by atoms with van der Waals surface area (Å²) >= 11 is 5.84. The first-order valence-corrected chi connectivity index (χ1v) is 10.6. The Hall–Kier alpha value is -2.71. The molecule has 0 bridgehead atoms. The van der Waals surface area contributed by atoms with Gasteiger partial charge in [-0.25, -0.2) is 13.2 Å². The molecule has 0 fully saturated rings. The van der Waals surface area contributed by atoms with Crippen molar-refractivity contribution in [2.45, 2.75) is 11.7 Å². The molecule has 1 heterocycles. The molecule has 3 N–H and O–H groups in total. The number of rotatable bonds is 6. The molecule has 3 amide bonds. The van der Waals surface area contributed by atoms with Crippen molar-refractivity contribution in [3.8, 4) is 0 Å². The van der Waals surface area contributed by atoms with Gasteiger partial charge in [0.15, 0.2) is 9.84 Å². The van der Waals surface area contributed by atoms with Crippen LogP contribution in [0.1, 0.15) is 17.0 Å². The smallest absolute Gasteiger partial charge is 0.349 e. The van der Waals surface area contributed by atoms with Gasteiger partial charge in [0.1, 0.15) is 11.8 Å². The van der Waals surface area contributed by atoms with Gasteiger partial charge in [-0.2, -0.15) is 4.99 Å².